The van der Waals surface area contributed by atoms with E-state index < -0.39 is 0 Å². The normalized spacial score (nSPS) is 18.2. The highest BCUT2D eigenvalue weighted by Crippen LogP contribution is 2.40. The van der Waals surface area contributed by atoms with E-state index in [2.05, 4.69) is 39.0 Å². The number of hydrogen-bond acceptors (Lipinski definition) is 1. The van der Waals surface area contributed by atoms with Crippen molar-refractivity contribution in [2.45, 2.75) is 26.2 Å². The monoisotopic (exact) mass is 173 g/mol. The molecule has 1 aromatic rings. The standard InChI is InChI=1S/C12H15N/c1-8-7-12(2,3)11-5-4-9(13)6-10(8)11/h4-7H,13H2,1-3H3. The third-order valence-electron chi connectivity index (χ3n) is 2.74. The van der Waals surface area contributed by atoms with Gasteiger partial charge in [-0.2, -0.15) is 0 Å². The summed E-state index contributed by atoms with van der Waals surface area (Å²) in [5.41, 5.74) is 10.8. The third-order valence-corrected chi connectivity index (χ3v) is 2.74. The maximum atomic E-state index is 5.75. The van der Waals surface area contributed by atoms with E-state index in [1.165, 1.54) is 16.7 Å². The molecule has 0 atom stereocenters. The van der Waals surface area contributed by atoms with Crippen LogP contribution in [0.2, 0.25) is 0 Å². The summed E-state index contributed by atoms with van der Waals surface area (Å²) < 4.78 is 0. The number of anilines is 1. The van der Waals surface area contributed by atoms with Gasteiger partial charge in [-0.3, -0.25) is 0 Å². The molecule has 0 saturated carbocycles. The summed E-state index contributed by atoms with van der Waals surface area (Å²) in [5.74, 6) is 0. The van der Waals surface area contributed by atoms with Crippen LogP contribution in [0.3, 0.4) is 0 Å². The van der Waals surface area contributed by atoms with Gasteiger partial charge in [0.05, 0.1) is 0 Å². The van der Waals surface area contributed by atoms with Crippen LogP contribution in [0.25, 0.3) is 5.57 Å². The van der Waals surface area contributed by atoms with E-state index in [9.17, 15) is 0 Å². The Hall–Kier alpha value is -1.24. The van der Waals surface area contributed by atoms with Crippen LogP contribution in [-0.2, 0) is 5.41 Å². The van der Waals surface area contributed by atoms with Crippen molar-refractivity contribution >= 4 is 11.3 Å². The molecule has 68 valence electrons. The zero-order valence-corrected chi connectivity index (χ0v) is 8.39. The van der Waals surface area contributed by atoms with Crippen molar-refractivity contribution in [3.8, 4) is 0 Å². The van der Waals surface area contributed by atoms with Crippen LogP contribution in [0.15, 0.2) is 24.3 Å². The first-order valence-corrected chi connectivity index (χ1v) is 4.60. The average molecular weight is 173 g/mol. The Labute approximate surface area is 79.3 Å². The van der Waals surface area contributed by atoms with Gasteiger partial charge in [0, 0.05) is 11.1 Å². The van der Waals surface area contributed by atoms with Crippen LogP contribution in [0.4, 0.5) is 5.69 Å². The lowest BCUT2D eigenvalue weighted by Gasteiger charge is -2.17. The second-order valence-electron chi connectivity index (χ2n) is 4.35. The molecule has 0 radical (unpaired) electrons. The molecular weight excluding hydrogens is 158 g/mol. The van der Waals surface area contributed by atoms with Gasteiger partial charge in [-0.05, 0) is 35.8 Å². The first-order valence-electron chi connectivity index (χ1n) is 4.60. The number of benzene rings is 1. The van der Waals surface area contributed by atoms with Crippen molar-refractivity contribution in [3.05, 3.63) is 35.4 Å². The summed E-state index contributed by atoms with van der Waals surface area (Å²) in [6.07, 6.45) is 2.30. The SMILES string of the molecule is CC1=CC(C)(C)c2ccc(N)cc21. The minimum atomic E-state index is 0.174. The molecule has 1 heteroatoms. The Bertz CT molecular complexity index is 386. The number of rotatable bonds is 0. The summed E-state index contributed by atoms with van der Waals surface area (Å²) in [5, 5.41) is 0. The highest BCUT2D eigenvalue weighted by atomic mass is 14.5. The molecule has 1 aromatic carbocycles. The molecule has 0 bridgehead atoms. The molecule has 0 aliphatic heterocycles. The Balaban J connectivity index is 2.67. The number of fused-ring (bicyclic) bond motifs is 1. The molecule has 13 heavy (non-hydrogen) atoms. The van der Waals surface area contributed by atoms with E-state index >= 15 is 0 Å². The van der Waals surface area contributed by atoms with Gasteiger partial charge in [0.25, 0.3) is 0 Å². The van der Waals surface area contributed by atoms with E-state index in [0.29, 0.717) is 0 Å². The highest BCUT2D eigenvalue weighted by molar-refractivity contribution is 5.77. The minimum absolute atomic E-state index is 0.174. The molecule has 1 nitrogen and oxygen atoms in total. The molecule has 0 spiro atoms. The molecule has 0 amide bonds. The molecule has 0 heterocycles. The van der Waals surface area contributed by atoms with E-state index in [-0.39, 0.29) is 5.41 Å². The maximum absolute atomic E-state index is 5.75. The van der Waals surface area contributed by atoms with Crippen molar-refractivity contribution in [3.63, 3.8) is 0 Å². The van der Waals surface area contributed by atoms with Crippen LogP contribution in [-0.4, -0.2) is 0 Å². The second kappa shape index (κ2) is 2.38. The molecule has 2 N–H and O–H groups in total. The van der Waals surface area contributed by atoms with Gasteiger partial charge in [0.2, 0.25) is 0 Å². The number of hydrogen-bond donors (Lipinski definition) is 1. The van der Waals surface area contributed by atoms with E-state index in [1.54, 1.807) is 0 Å². The van der Waals surface area contributed by atoms with Crippen molar-refractivity contribution in [1.82, 2.24) is 0 Å². The van der Waals surface area contributed by atoms with E-state index in [0.717, 1.165) is 5.69 Å². The molecule has 1 aliphatic carbocycles. The largest absolute Gasteiger partial charge is 0.399 e. The first kappa shape index (κ1) is 8.36. The summed E-state index contributed by atoms with van der Waals surface area (Å²) in [6, 6.07) is 6.18. The fourth-order valence-corrected chi connectivity index (χ4v) is 2.15. The molecule has 0 unspecified atom stereocenters. The quantitative estimate of drug-likeness (QED) is 0.600. The molecule has 0 fully saturated rings. The van der Waals surface area contributed by atoms with Gasteiger partial charge in [-0.15, -0.1) is 0 Å². The predicted octanol–water partition coefficient (Wildman–Crippen LogP) is 2.96. The molecule has 0 aromatic heterocycles. The van der Waals surface area contributed by atoms with Crippen LogP contribution >= 0.6 is 0 Å². The lowest BCUT2D eigenvalue weighted by atomic mass is 9.87. The lowest BCUT2D eigenvalue weighted by Crippen LogP contribution is -2.10. The van der Waals surface area contributed by atoms with Gasteiger partial charge >= 0.3 is 0 Å². The zero-order valence-electron chi connectivity index (χ0n) is 8.39. The van der Waals surface area contributed by atoms with Crippen LogP contribution in [0.5, 0.6) is 0 Å². The van der Waals surface area contributed by atoms with Gasteiger partial charge in [-0.25, -0.2) is 0 Å². The Morgan fingerprint density at radius 1 is 1.23 bits per heavy atom. The molecule has 1 aliphatic rings. The summed E-state index contributed by atoms with van der Waals surface area (Å²) in [6.45, 7) is 6.62. The zero-order chi connectivity index (χ0) is 9.64. The van der Waals surface area contributed by atoms with E-state index in [1.807, 2.05) is 6.07 Å². The van der Waals surface area contributed by atoms with Crippen molar-refractivity contribution in [2.75, 3.05) is 5.73 Å². The lowest BCUT2D eigenvalue weighted by molar-refractivity contribution is 0.683. The fraction of sp³-hybridized carbons (Fsp3) is 0.333. The third kappa shape index (κ3) is 1.15. The maximum Gasteiger partial charge on any atom is 0.0320 e. The van der Waals surface area contributed by atoms with Crippen LogP contribution in [0.1, 0.15) is 31.9 Å². The predicted molar refractivity (Wildman–Crippen MR) is 57.5 cm³/mol. The Kier molecular flexibility index (Phi) is 1.53. The van der Waals surface area contributed by atoms with Gasteiger partial charge in [-0.1, -0.05) is 26.0 Å². The molecular formula is C12H15N. The van der Waals surface area contributed by atoms with Crippen molar-refractivity contribution in [2.24, 2.45) is 0 Å². The molecule has 2 rings (SSSR count). The number of allylic oxidation sites excluding steroid dienone is 2. The summed E-state index contributed by atoms with van der Waals surface area (Å²) >= 11 is 0. The van der Waals surface area contributed by atoms with Gasteiger partial charge in [0.15, 0.2) is 0 Å². The van der Waals surface area contributed by atoms with Gasteiger partial charge < -0.3 is 5.73 Å². The van der Waals surface area contributed by atoms with Gasteiger partial charge in [0.1, 0.15) is 0 Å². The topological polar surface area (TPSA) is 26.0 Å². The minimum Gasteiger partial charge on any atom is -0.399 e. The average Bonchev–Trinajstić information content (AvgIpc) is 2.22. The van der Waals surface area contributed by atoms with Crippen LogP contribution in [0, 0.1) is 0 Å². The number of nitrogen functional groups attached to an aromatic ring is 1. The summed E-state index contributed by atoms with van der Waals surface area (Å²) in [7, 11) is 0. The Morgan fingerprint density at radius 2 is 1.92 bits per heavy atom. The fourth-order valence-electron chi connectivity index (χ4n) is 2.15. The molecule has 0 saturated heterocycles. The van der Waals surface area contributed by atoms with Crippen molar-refractivity contribution in [1.29, 1.82) is 0 Å². The van der Waals surface area contributed by atoms with Crippen molar-refractivity contribution < 1.29 is 0 Å². The first-order chi connectivity index (χ1) is 6.00. The number of nitrogens with two attached hydrogens (primary N) is 1. The highest BCUT2D eigenvalue weighted by Gasteiger charge is 2.27. The smallest absolute Gasteiger partial charge is 0.0320 e. The summed E-state index contributed by atoms with van der Waals surface area (Å²) in [4.78, 5) is 0. The van der Waals surface area contributed by atoms with E-state index in [4.69, 9.17) is 5.73 Å². The van der Waals surface area contributed by atoms with Crippen LogP contribution < -0.4 is 5.73 Å². The second-order valence-corrected chi connectivity index (χ2v) is 4.35. The Morgan fingerprint density at radius 3 is 2.62 bits per heavy atom.